The van der Waals surface area contributed by atoms with Gasteiger partial charge in [0.15, 0.2) is 0 Å². The van der Waals surface area contributed by atoms with Crippen molar-refractivity contribution in [2.24, 2.45) is 0 Å². The van der Waals surface area contributed by atoms with Gasteiger partial charge in [-0.1, -0.05) is 25.1 Å². The van der Waals surface area contributed by atoms with Crippen molar-refractivity contribution in [3.63, 3.8) is 0 Å². The minimum Gasteiger partial charge on any atom is 0 e. The summed E-state index contributed by atoms with van der Waals surface area (Å²) in [6, 6.07) is 7.75. The molecule has 0 aromatic heterocycles. The number of methoxy groups -OCH3 is 1. The van der Waals surface area contributed by atoms with Gasteiger partial charge in [-0.3, -0.25) is 0 Å². The SMILES string of the molecule is COc1ccccc1[C@@H](C)CO.[C-]#[O+].[C-]#[O+].[C-]#[O+].[Cr]. The van der Waals surface area contributed by atoms with Gasteiger partial charge in [0.1, 0.15) is 5.75 Å². The Hall–Kier alpha value is -1.27. The van der Waals surface area contributed by atoms with E-state index in [1.165, 1.54) is 0 Å². The molecule has 0 fully saturated rings. The fourth-order valence-corrected chi connectivity index (χ4v) is 1.17. The Morgan fingerprint density at radius 2 is 1.53 bits per heavy atom. The average molecular weight is 302 g/mol. The predicted octanol–water partition coefficient (Wildman–Crippen LogP) is 1.68. The summed E-state index contributed by atoms with van der Waals surface area (Å²) in [4.78, 5) is 0. The van der Waals surface area contributed by atoms with E-state index in [0.717, 1.165) is 11.3 Å². The molecule has 1 atom stereocenters. The zero-order valence-corrected chi connectivity index (χ0v) is 11.9. The van der Waals surface area contributed by atoms with Crippen LogP contribution in [0.2, 0.25) is 0 Å². The molecule has 5 nitrogen and oxygen atoms in total. The fraction of sp³-hybridized carbons (Fsp3) is 0.308. The summed E-state index contributed by atoms with van der Waals surface area (Å²) in [5, 5.41) is 8.95. The van der Waals surface area contributed by atoms with Crippen LogP contribution in [0, 0.1) is 20.0 Å². The molecule has 1 N–H and O–H groups in total. The molecular formula is C13H14CrO5. The van der Waals surface area contributed by atoms with Crippen LogP contribution in [0.5, 0.6) is 5.75 Å². The van der Waals surface area contributed by atoms with Gasteiger partial charge >= 0.3 is 33.9 Å². The summed E-state index contributed by atoms with van der Waals surface area (Å²) in [5.74, 6) is 0.986. The van der Waals surface area contributed by atoms with Crippen LogP contribution in [0.25, 0.3) is 0 Å². The van der Waals surface area contributed by atoms with Gasteiger partial charge in [0.2, 0.25) is 0 Å². The third-order valence-corrected chi connectivity index (χ3v) is 1.94. The first-order valence-corrected chi connectivity index (χ1v) is 4.64. The summed E-state index contributed by atoms with van der Waals surface area (Å²) in [6.45, 7) is 15.6. The van der Waals surface area contributed by atoms with Crippen molar-refractivity contribution in [2.75, 3.05) is 13.7 Å². The molecule has 0 radical (unpaired) electrons. The molecule has 19 heavy (non-hydrogen) atoms. The van der Waals surface area contributed by atoms with Gasteiger partial charge in [0, 0.05) is 29.9 Å². The van der Waals surface area contributed by atoms with Gasteiger partial charge in [-0.05, 0) is 11.6 Å². The minimum atomic E-state index is 0. The summed E-state index contributed by atoms with van der Waals surface area (Å²) in [7, 11) is 1.64. The molecule has 0 saturated heterocycles. The standard InChI is InChI=1S/C10H14O2.3CO.Cr/c1-8(7-11)9-5-3-4-6-10(9)12-2;3*1-2;/h3-6,8,11H,7H2,1-2H3;;;;/t8-;;;;/m0..../s1. The Morgan fingerprint density at radius 3 is 1.89 bits per heavy atom. The monoisotopic (exact) mass is 302 g/mol. The van der Waals surface area contributed by atoms with E-state index in [2.05, 4.69) is 20.0 Å². The first-order valence-electron chi connectivity index (χ1n) is 4.64. The predicted molar refractivity (Wildman–Crippen MR) is 60.3 cm³/mol. The van der Waals surface area contributed by atoms with Crippen LogP contribution < -0.4 is 4.74 Å². The number of aliphatic hydroxyl groups is 1. The number of hydrogen-bond donors (Lipinski definition) is 1. The molecule has 1 aromatic carbocycles. The van der Waals surface area contributed by atoms with Gasteiger partial charge in [-0.2, -0.15) is 0 Å². The Balaban J connectivity index is -0.000000142. The maximum absolute atomic E-state index is 8.95. The molecule has 1 rings (SSSR count). The van der Waals surface area contributed by atoms with E-state index in [-0.39, 0.29) is 29.9 Å². The number of para-hydroxylation sites is 1. The van der Waals surface area contributed by atoms with E-state index < -0.39 is 0 Å². The largest absolute Gasteiger partial charge is 0 e. The van der Waals surface area contributed by atoms with E-state index in [1.807, 2.05) is 31.2 Å². The molecule has 0 aliphatic carbocycles. The number of aliphatic hydroxyl groups excluding tert-OH is 1. The fourth-order valence-electron chi connectivity index (χ4n) is 1.17. The van der Waals surface area contributed by atoms with Crippen LogP contribution in [-0.4, -0.2) is 18.8 Å². The van der Waals surface area contributed by atoms with E-state index in [4.69, 9.17) is 23.8 Å². The quantitative estimate of drug-likeness (QED) is 0.680. The van der Waals surface area contributed by atoms with Gasteiger partial charge in [0.05, 0.1) is 7.11 Å². The molecule has 0 aliphatic rings. The molecule has 6 heteroatoms. The molecule has 0 saturated carbocycles. The van der Waals surface area contributed by atoms with Crippen molar-refractivity contribution in [3.8, 4) is 5.75 Å². The van der Waals surface area contributed by atoms with Gasteiger partial charge in [-0.15, -0.1) is 0 Å². The smallest absolute Gasteiger partial charge is 0 e. The summed E-state index contributed by atoms with van der Waals surface area (Å²) < 4.78 is 27.7. The van der Waals surface area contributed by atoms with Crippen LogP contribution in [-0.2, 0) is 31.3 Å². The van der Waals surface area contributed by atoms with Crippen molar-refractivity contribution in [3.05, 3.63) is 49.8 Å². The third kappa shape index (κ3) is 11.5. The normalized spacial score (nSPS) is 8.26. The third-order valence-electron chi connectivity index (χ3n) is 1.94. The summed E-state index contributed by atoms with van der Waals surface area (Å²) in [6.07, 6.45) is 0. The Kier molecular flexibility index (Phi) is 30.4. The van der Waals surface area contributed by atoms with Gasteiger partial charge < -0.3 is 9.84 Å². The van der Waals surface area contributed by atoms with E-state index in [9.17, 15) is 0 Å². The van der Waals surface area contributed by atoms with Crippen LogP contribution in [0.15, 0.2) is 24.3 Å². The van der Waals surface area contributed by atoms with Crippen LogP contribution in [0.4, 0.5) is 0 Å². The second kappa shape index (κ2) is 22.0. The van der Waals surface area contributed by atoms with Crippen molar-refractivity contribution >= 4 is 0 Å². The van der Waals surface area contributed by atoms with Crippen molar-refractivity contribution in [1.29, 1.82) is 0 Å². The van der Waals surface area contributed by atoms with E-state index in [0.29, 0.717) is 0 Å². The molecule has 0 heterocycles. The summed E-state index contributed by atoms with van der Waals surface area (Å²) >= 11 is 0. The molecule has 1 aromatic rings. The molecule has 0 bridgehead atoms. The van der Waals surface area contributed by atoms with E-state index >= 15 is 0 Å². The first kappa shape index (κ1) is 26.3. The second-order valence-electron chi connectivity index (χ2n) is 2.83. The molecular weight excluding hydrogens is 288 g/mol. The van der Waals surface area contributed by atoms with Gasteiger partial charge in [0.25, 0.3) is 0 Å². The molecule has 0 aliphatic heterocycles. The van der Waals surface area contributed by atoms with Crippen LogP contribution in [0.3, 0.4) is 0 Å². The Bertz CT molecular complexity index is 345. The van der Waals surface area contributed by atoms with Crippen molar-refractivity contribution in [2.45, 2.75) is 12.8 Å². The van der Waals surface area contributed by atoms with Crippen molar-refractivity contribution < 1.29 is 41.2 Å². The first-order chi connectivity index (χ1) is 8.79. The number of ether oxygens (including phenoxy) is 1. The van der Waals surface area contributed by atoms with Crippen LogP contribution >= 0.6 is 0 Å². The molecule has 102 valence electrons. The molecule has 0 amide bonds. The Morgan fingerprint density at radius 1 is 1.11 bits per heavy atom. The van der Waals surface area contributed by atoms with E-state index in [1.54, 1.807) is 7.11 Å². The maximum Gasteiger partial charge on any atom is 0 e. The van der Waals surface area contributed by atoms with Crippen molar-refractivity contribution in [1.82, 2.24) is 0 Å². The summed E-state index contributed by atoms with van der Waals surface area (Å²) in [5.41, 5.74) is 1.06. The molecule has 0 spiro atoms. The van der Waals surface area contributed by atoms with Gasteiger partial charge in [-0.25, -0.2) is 0 Å². The minimum absolute atomic E-state index is 0. The number of benzene rings is 1. The zero-order chi connectivity index (χ0) is 15.0. The van der Waals surface area contributed by atoms with Crippen LogP contribution in [0.1, 0.15) is 18.4 Å². The maximum atomic E-state index is 8.95. The topological polar surface area (TPSA) is 89.2 Å². The average Bonchev–Trinajstić information content (AvgIpc) is 2.52. The number of hydrogen-bond acceptors (Lipinski definition) is 2. The zero-order valence-electron chi connectivity index (χ0n) is 10.6. The Labute approximate surface area is 123 Å². The molecule has 0 unspecified atom stereocenters. The second-order valence-corrected chi connectivity index (χ2v) is 2.83. The number of rotatable bonds is 3.